The van der Waals surface area contributed by atoms with Crippen molar-refractivity contribution in [2.75, 3.05) is 59.5 Å². The van der Waals surface area contributed by atoms with E-state index in [9.17, 15) is 0 Å². The molecule has 3 aromatic rings. The van der Waals surface area contributed by atoms with Crippen LogP contribution in [0.3, 0.4) is 0 Å². The average Bonchev–Trinajstić information content (AvgIpc) is 3.12. The van der Waals surface area contributed by atoms with Gasteiger partial charge in [0.05, 0.1) is 52.9 Å². The van der Waals surface area contributed by atoms with Crippen molar-refractivity contribution in [3.05, 3.63) is 108 Å². The molecule has 0 unspecified atom stereocenters. The van der Waals surface area contributed by atoms with Gasteiger partial charge in [0.15, 0.2) is 0 Å². The van der Waals surface area contributed by atoms with Gasteiger partial charge < -0.3 is 23.7 Å². The third-order valence-electron chi connectivity index (χ3n) is 8.60. The summed E-state index contributed by atoms with van der Waals surface area (Å²) in [6, 6.07) is 31.2. The summed E-state index contributed by atoms with van der Waals surface area (Å²) in [4.78, 5) is 0. The lowest BCUT2D eigenvalue weighted by atomic mass is 9.80. The quantitative estimate of drug-likeness (QED) is 0.0533. The smallest absolute Gasteiger partial charge is 0.143 e. The van der Waals surface area contributed by atoms with Crippen molar-refractivity contribution in [2.24, 2.45) is 0 Å². The van der Waals surface area contributed by atoms with Gasteiger partial charge in [0.1, 0.15) is 5.60 Å². The zero-order valence-electron chi connectivity index (χ0n) is 29.3. The number of ether oxygens (including phenoxy) is 5. The Bertz CT molecular complexity index is 995. The first-order chi connectivity index (χ1) is 23.4. The van der Waals surface area contributed by atoms with E-state index >= 15 is 0 Å². The standard InChI is InChI=1S/C42H62O5/c1-2-3-4-5-6-7-8-9-10-11-12-13-23-30-43-31-32-44-33-34-45-35-36-46-37-38-47-42(39-24-17-14-18-25-39,40-26-19-15-20-27-40)41-28-21-16-22-29-41/h14-22,24-29H,2-13,23,30-38H2,1H3. The second-order valence-corrected chi connectivity index (χ2v) is 12.3. The Labute approximate surface area is 286 Å². The van der Waals surface area contributed by atoms with Crippen LogP contribution in [-0.4, -0.2) is 59.5 Å². The summed E-state index contributed by atoms with van der Waals surface area (Å²) in [7, 11) is 0. The molecule has 0 aliphatic carbocycles. The van der Waals surface area contributed by atoms with Crippen LogP contribution in [0.1, 0.15) is 107 Å². The van der Waals surface area contributed by atoms with Crippen molar-refractivity contribution in [3.8, 4) is 0 Å². The molecule has 0 saturated carbocycles. The molecule has 0 aliphatic heterocycles. The molecule has 5 nitrogen and oxygen atoms in total. The van der Waals surface area contributed by atoms with Crippen molar-refractivity contribution < 1.29 is 23.7 Å². The Balaban J connectivity index is 1.16. The molecule has 0 spiro atoms. The zero-order valence-corrected chi connectivity index (χ0v) is 29.3. The van der Waals surface area contributed by atoms with Crippen molar-refractivity contribution in [3.63, 3.8) is 0 Å². The fourth-order valence-electron chi connectivity index (χ4n) is 6.01. The van der Waals surface area contributed by atoms with Crippen LogP contribution in [0.5, 0.6) is 0 Å². The number of unbranched alkanes of at least 4 members (excludes halogenated alkanes) is 12. The fraction of sp³-hybridized carbons (Fsp3) is 0.571. The van der Waals surface area contributed by atoms with Gasteiger partial charge in [-0.05, 0) is 23.1 Å². The van der Waals surface area contributed by atoms with E-state index in [0.717, 1.165) is 29.7 Å². The number of hydrogen-bond acceptors (Lipinski definition) is 5. The van der Waals surface area contributed by atoms with E-state index in [4.69, 9.17) is 23.7 Å². The van der Waals surface area contributed by atoms with Crippen LogP contribution in [-0.2, 0) is 29.3 Å². The Morgan fingerprint density at radius 2 is 0.638 bits per heavy atom. The summed E-state index contributed by atoms with van der Waals surface area (Å²) < 4.78 is 29.7. The van der Waals surface area contributed by atoms with Crippen LogP contribution in [0, 0.1) is 0 Å². The molecule has 0 bridgehead atoms. The Hall–Kier alpha value is -2.54. The van der Waals surface area contributed by atoms with Crippen molar-refractivity contribution in [1.29, 1.82) is 0 Å². The van der Waals surface area contributed by atoms with Gasteiger partial charge in [-0.15, -0.1) is 0 Å². The maximum atomic E-state index is 6.74. The van der Waals surface area contributed by atoms with Crippen LogP contribution in [0.25, 0.3) is 0 Å². The molecule has 0 saturated heterocycles. The van der Waals surface area contributed by atoms with Crippen molar-refractivity contribution in [1.82, 2.24) is 0 Å². The van der Waals surface area contributed by atoms with E-state index in [1.54, 1.807) is 0 Å². The highest BCUT2D eigenvalue weighted by Crippen LogP contribution is 2.40. The van der Waals surface area contributed by atoms with Gasteiger partial charge in [-0.3, -0.25) is 0 Å². The summed E-state index contributed by atoms with van der Waals surface area (Å²) in [5, 5.41) is 0. The number of hydrogen-bond donors (Lipinski definition) is 0. The van der Waals surface area contributed by atoms with Gasteiger partial charge in [-0.1, -0.05) is 175 Å². The molecule has 260 valence electrons. The molecule has 47 heavy (non-hydrogen) atoms. The SMILES string of the molecule is CCCCCCCCCCCCCCCOCCOCCOCCOCCOC(c1ccccc1)(c1ccccc1)c1ccccc1. The summed E-state index contributed by atoms with van der Waals surface area (Å²) in [6.45, 7) is 7.47. The first-order valence-corrected chi connectivity index (χ1v) is 18.5. The highest BCUT2D eigenvalue weighted by molar-refractivity contribution is 5.47. The lowest BCUT2D eigenvalue weighted by molar-refractivity contribution is -0.0384. The second kappa shape index (κ2) is 26.4. The third-order valence-corrected chi connectivity index (χ3v) is 8.60. The predicted molar refractivity (Wildman–Crippen MR) is 194 cm³/mol. The van der Waals surface area contributed by atoms with Crippen molar-refractivity contribution in [2.45, 2.75) is 96.0 Å². The van der Waals surface area contributed by atoms with E-state index in [1.165, 1.54) is 77.0 Å². The first-order valence-electron chi connectivity index (χ1n) is 18.5. The summed E-state index contributed by atoms with van der Waals surface area (Å²) >= 11 is 0. The molecule has 0 fully saturated rings. The second-order valence-electron chi connectivity index (χ2n) is 12.3. The highest BCUT2D eigenvalue weighted by atomic mass is 16.6. The molecular formula is C42H62O5. The average molecular weight is 647 g/mol. The van der Waals surface area contributed by atoms with Gasteiger partial charge >= 0.3 is 0 Å². The Morgan fingerprint density at radius 3 is 1.00 bits per heavy atom. The van der Waals surface area contributed by atoms with Crippen LogP contribution >= 0.6 is 0 Å². The zero-order chi connectivity index (χ0) is 32.9. The van der Waals surface area contributed by atoms with Crippen LogP contribution in [0.4, 0.5) is 0 Å². The van der Waals surface area contributed by atoms with E-state index in [-0.39, 0.29) is 0 Å². The van der Waals surface area contributed by atoms with E-state index < -0.39 is 5.60 Å². The summed E-state index contributed by atoms with van der Waals surface area (Å²) in [5.74, 6) is 0. The lowest BCUT2D eigenvalue weighted by Crippen LogP contribution is -2.34. The van der Waals surface area contributed by atoms with E-state index in [1.807, 2.05) is 18.2 Å². The molecule has 5 heteroatoms. The molecule has 0 amide bonds. The molecular weight excluding hydrogens is 584 g/mol. The molecule has 0 radical (unpaired) electrons. The molecule has 3 rings (SSSR count). The highest BCUT2D eigenvalue weighted by Gasteiger charge is 2.37. The lowest BCUT2D eigenvalue weighted by Gasteiger charge is -2.36. The minimum absolute atomic E-state index is 0.446. The monoisotopic (exact) mass is 646 g/mol. The molecule has 0 aliphatic rings. The fourth-order valence-corrected chi connectivity index (χ4v) is 6.01. The van der Waals surface area contributed by atoms with Gasteiger partial charge in [0, 0.05) is 6.61 Å². The van der Waals surface area contributed by atoms with E-state index in [0.29, 0.717) is 52.9 Å². The first kappa shape index (κ1) is 38.9. The largest absolute Gasteiger partial charge is 0.379 e. The molecule has 3 aromatic carbocycles. The van der Waals surface area contributed by atoms with Crippen molar-refractivity contribution >= 4 is 0 Å². The number of benzene rings is 3. The molecule has 0 heterocycles. The third kappa shape index (κ3) is 15.9. The molecule has 0 atom stereocenters. The minimum atomic E-state index is -0.725. The topological polar surface area (TPSA) is 46.2 Å². The van der Waals surface area contributed by atoms with Gasteiger partial charge in [0.2, 0.25) is 0 Å². The van der Waals surface area contributed by atoms with Crippen LogP contribution < -0.4 is 0 Å². The normalized spacial score (nSPS) is 11.7. The van der Waals surface area contributed by atoms with Crippen LogP contribution in [0.15, 0.2) is 91.0 Å². The van der Waals surface area contributed by atoms with Gasteiger partial charge in [-0.25, -0.2) is 0 Å². The molecule has 0 aromatic heterocycles. The maximum Gasteiger partial charge on any atom is 0.143 e. The summed E-state index contributed by atoms with van der Waals surface area (Å²) in [6.07, 6.45) is 17.8. The van der Waals surface area contributed by atoms with Gasteiger partial charge in [-0.2, -0.15) is 0 Å². The predicted octanol–water partition coefficient (Wildman–Crippen LogP) is 10.2. The summed E-state index contributed by atoms with van der Waals surface area (Å²) in [5.41, 5.74) is 2.54. The van der Waals surface area contributed by atoms with E-state index in [2.05, 4.69) is 79.7 Å². The van der Waals surface area contributed by atoms with Crippen LogP contribution in [0.2, 0.25) is 0 Å². The maximum absolute atomic E-state index is 6.74. The number of rotatable bonds is 30. The Morgan fingerprint density at radius 1 is 0.340 bits per heavy atom. The minimum Gasteiger partial charge on any atom is -0.379 e. The Kier molecular flexibility index (Phi) is 21.9. The molecule has 0 N–H and O–H groups in total. The van der Waals surface area contributed by atoms with Gasteiger partial charge in [0.25, 0.3) is 0 Å².